The summed E-state index contributed by atoms with van der Waals surface area (Å²) in [5.74, 6) is -0.371. The Bertz CT molecular complexity index is 665. The smallest absolute Gasteiger partial charge is 0.388 e. The number of rotatable bonds is 4. The molecule has 1 fully saturated rings. The van der Waals surface area contributed by atoms with Crippen LogP contribution in [-0.4, -0.2) is 33.9 Å². The van der Waals surface area contributed by atoms with Crippen LogP contribution in [0, 0.1) is 0 Å². The minimum absolute atomic E-state index is 0.00231. The topological polar surface area (TPSA) is 55.3 Å². The predicted octanol–water partition coefficient (Wildman–Crippen LogP) is 3.06. The lowest BCUT2D eigenvalue weighted by atomic mass is 10.1. The maximum absolute atomic E-state index is 12.6. The molecule has 120 valence electrons. The van der Waals surface area contributed by atoms with Crippen molar-refractivity contribution in [2.45, 2.75) is 25.5 Å². The Labute approximate surface area is 131 Å². The second kappa shape index (κ2) is 6.68. The second-order valence-corrected chi connectivity index (χ2v) is 5.20. The average molecular weight is 319 g/mol. The highest BCUT2D eigenvalue weighted by Gasteiger charge is 2.30. The molecule has 1 aliphatic rings. The maximum atomic E-state index is 12.6. The summed E-state index contributed by atoms with van der Waals surface area (Å²) in [7, 11) is 0. The molecule has 7 heteroatoms. The van der Waals surface area contributed by atoms with Crippen molar-refractivity contribution in [2.75, 3.05) is 6.54 Å². The van der Waals surface area contributed by atoms with E-state index in [2.05, 4.69) is 14.7 Å². The van der Waals surface area contributed by atoms with Crippen LogP contribution < -0.4 is 4.74 Å². The zero-order valence-corrected chi connectivity index (χ0v) is 12.2. The van der Waals surface area contributed by atoms with Crippen LogP contribution in [0.2, 0.25) is 0 Å². The van der Waals surface area contributed by atoms with Crippen molar-refractivity contribution in [2.24, 2.45) is 0 Å². The van der Waals surface area contributed by atoms with E-state index in [4.69, 9.17) is 0 Å². The van der Waals surface area contributed by atoms with E-state index in [0.29, 0.717) is 12.1 Å². The number of halogens is 2. The highest BCUT2D eigenvalue weighted by molar-refractivity contribution is 5.94. The van der Waals surface area contributed by atoms with Gasteiger partial charge in [-0.05, 0) is 36.6 Å². The van der Waals surface area contributed by atoms with Gasteiger partial charge >= 0.3 is 6.61 Å². The standard InChI is InChI=1S/C16H15F2N3O2/c17-16(18)23-14-4-3-12(10-20-14)15(22)21-9-1-2-13(21)11-5-7-19-8-6-11/h3-8,10,13,16H,1-2,9H2. The molecule has 1 aliphatic heterocycles. The van der Waals surface area contributed by atoms with Gasteiger partial charge in [0.05, 0.1) is 11.6 Å². The number of hydrogen-bond donors (Lipinski definition) is 0. The molecule has 0 aromatic carbocycles. The highest BCUT2D eigenvalue weighted by Crippen LogP contribution is 2.32. The lowest BCUT2D eigenvalue weighted by Crippen LogP contribution is -2.30. The number of carbonyl (C=O) groups excluding carboxylic acids is 1. The quantitative estimate of drug-likeness (QED) is 0.869. The predicted molar refractivity (Wildman–Crippen MR) is 78.1 cm³/mol. The third kappa shape index (κ3) is 3.44. The Morgan fingerprint density at radius 2 is 2.04 bits per heavy atom. The van der Waals surface area contributed by atoms with E-state index in [9.17, 15) is 13.6 Å². The molecule has 0 saturated carbocycles. The molecule has 0 aliphatic carbocycles. The summed E-state index contributed by atoms with van der Waals surface area (Å²) in [5.41, 5.74) is 1.39. The number of hydrogen-bond acceptors (Lipinski definition) is 4. The summed E-state index contributed by atoms with van der Waals surface area (Å²) in [5, 5.41) is 0. The summed E-state index contributed by atoms with van der Waals surface area (Å²) in [4.78, 5) is 22.2. The van der Waals surface area contributed by atoms with Crippen LogP contribution in [0.5, 0.6) is 5.88 Å². The molecule has 0 bridgehead atoms. The van der Waals surface area contributed by atoms with Gasteiger partial charge in [-0.25, -0.2) is 4.98 Å². The van der Waals surface area contributed by atoms with Crippen molar-refractivity contribution in [3.8, 4) is 5.88 Å². The van der Waals surface area contributed by atoms with Crippen LogP contribution >= 0.6 is 0 Å². The summed E-state index contributed by atoms with van der Waals surface area (Å²) < 4.78 is 28.4. The minimum atomic E-state index is -2.93. The molecule has 3 rings (SSSR count). The van der Waals surface area contributed by atoms with E-state index >= 15 is 0 Å². The Morgan fingerprint density at radius 1 is 1.26 bits per heavy atom. The largest absolute Gasteiger partial charge is 0.417 e. The molecule has 1 saturated heterocycles. The number of nitrogens with zero attached hydrogens (tertiary/aromatic N) is 3. The van der Waals surface area contributed by atoms with Crippen molar-refractivity contribution in [3.05, 3.63) is 54.0 Å². The fourth-order valence-electron chi connectivity index (χ4n) is 2.78. The van der Waals surface area contributed by atoms with Gasteiger partial charge in [-0.3, -0.25) is 9.78 Å². The molecule has 1 atom stereocenters. The molecule has 2 aromatic heterocycles. The van der Waals surface area contributed by atoms with Crippen molar-refractivity contribution in [1.29, 1.82) is 0 Å². The lowest BCUT2D eigenvalue weighted by Gasteiger charge is -2.25. The molecule has 3 heterocycles. The van der Waals surface area contributed by atoms with E-state index in [1.165, 1.54) is 18.3 Å². The van der Waals surface area contributed by atoms with Gasteiger partial charge in [0.15, 0.2) is 0 Å². The number of likely N-dealkylation sites (tertiary alicyclic amines) is 1. The van der Waals surface area contributed by atoms with Gasteiger partial charge in [-0.15, -0.1) is 0 Å². The summed E-state index contributed by atoms with van der Waals surface area (Å²) in [6, 6.07) is 6.52. The Hall–Kier alpha value is -2.57. The Kier molecular flexibility index (Phi) is 4.45. The van der Waals surface area contributed by atoms with Crippen molar-refractivity contribution in [1.82, 2.24) is 14.9 Å². The van der Waals surface area contributed by atoms with E-state index in [1.54, 1.807) is 17.3 Å². The Morgan fingerprint density at radius 3 is 2.70 bits per heavy atom. The number of alkyl halides is 2. The third-order valence-corrected chi connectivity index (χ3v) is 3.80. The van der Waals surface area contributed by atoms with E-state index < -0.39 is 6.61 Å². The third-order valence-electron chi connectivity index (χ3n) is 3.80. The van der Waals surface area contributed by atoms with Gasteiger partial charge in [0, 0.05) is 31.2 Å². The van der Waals surface area contributed by atoms with Crippen molar-refractivity contribution >= 4 is 5.91 Å². The maximum Gasteiger partial charge on any atom is 0.388 e. The first-order valence-corrected chi connectivity index (χ1v) is 7.27. The number of ether oxygens (including phenoxy) is 1. The van der Waals surface area contributed by atoms with Gasteiger partial charge < -0.3 is 9.64 Å². The fraction of sp³-hybridized carbons (Fsp3) is 0.312. The molecule has 0 radical (unpaired) electrons. The zero-order chi connectivity index (χ0) is 16.2. The van der Waals surface area contributed by atoms with Crippen LogP contribution in [0.1, 0.15) is 34.8 Å². The first-order valence-electron chi connectivity index (χ1n) is 7.27. The molecular formula is C16H15F2N3O2. The fourth-order valence-corrected chi connectivity index (χ4v) is 2.78. The van der Waals surface area contributed by atoms with Gasteiger partial charge in [0.25, 0.3) is 5.91 Å². The molecule has 1 amide bonds. The van der Waals surface area contributed by atoms with E-state index in [1.807, 2.05) is 12.1 Å². The molecular weight excluding hydrogens is 304 g/mol. The van der Waals surface area contributed by atoms with E-state index in [0.717, 1.165) is 18.4 Å². The molecule has 0 spiro atoms. The second-order valence-electron chi connectivity index (χ2n) is 5.20. The highest BCUT2D eigenvalue weighted by atomic mass is 19.3. The van der Waals surface area contributed by atoms with Crippen LogP contribution in [-0.2, 0) is 0 Å². The van der Waals surface area contributed by atoms with Crippen LogP contribution in [0.3, 0.4) is 0 Å². The van der Waals surface area contributed by atoms with Crippen molar-refractivity contribution < 1.29 is 18.3 Å². The minimum Gasteiger partial charge on any atom is -0.417 e. The number of pyridine rings is 2. The SMILES string of the molecule is O=C(c1ccc(OC(F)F)nc1)N1CCCC1c1ccncc1. The van der Waals surface area contributed by atoms with Gasteiger partial charge in [0.1, 0.15) is 0 Å². The summed E-state index contributed by atoms with van der Waals surface area (Å²) in [6.07, 6.45) is 6.47. The monoisotopic (exact) mass is 319 g/mol. The molecule has 23 heavy (non-hydrogen) atoms. The molecule has 5 nitrogen and oxygen atoms in total. The lowest BCUT2D eigenvalue weighted by molar-refractivity contribution is -0.0528. The summed E-state index contributed by atoms with van der Waals surface area (Å²) >= 11 is 0. The number of aromatic nitrogens is 2. The van der Waals surface area contributed by atoms with Gasteiger partial charge in [0.2, 0.25) is 5.88 Å². The zero-order valence-electron chi connectivity index (χ0n) is 12.2. The van der Waals surface area contributed by atoms with Gasteiger partial charge in [-0.2, -0.15) is 8.78 Å². The number of amides is 1. The molecule has 0 N–H and O–H groups in total. The van der Waals surface area contributed by atoms with Crippen LogP contribution in [0.15, 0.2) is 42.9 Å². The summed E-state index contributed by atoms with van der Waals surface area (Å²) in [6.45, 7) is -2.28. The van der Waals surface area contributed by atoms with Crippen molar-refractivity contribution in [3.63, 3.8) is 0 Å². The van der Waals surface area contributed by atoms with Crippen LogP contribution in [0.25, 0.3) is 0 Å². The normalized spacial score (nSPS) is 17.5. The van der Waals surface area contributed by atoms with Crippen LogP contribution in [0.4, 0.5) is 8.78 Å². The average Bonchev–Trinajstić information content (AvgIpc) is 3.05. The first-order chi connectivity index (χ1) is 11.1. The molecule has 1 unspecified atom stereocenters. The first kappa shape index (κ1) is 15.3. The molecule has 2 aromatic rings. The van der Waals surface area contributed by atoms with Gasteiger partial charge in [-0.1, -0.05) is 0 Å². The van der Waals surface area contributed by atoms with E-state index in [-0.39, 0.29) is 17.8 Å². The Balaban J connectivity index is 1.76. The number of carbonyl (C=O) groups is 1.